The maximum atomic E-state index is 11.3. The Labute approximate surface area is 104 Å². The zero-order valence-corrected chi connectivity index (χ0v) is 10.1. The Hall–Kier alpha value is -1.89. The van der Waals surface area contributed by atoms with Crippen molar-refractivity contribution in [3.63, 3.8) is 0 Å². The predicted molar refractivity (Wildman–Crippen MR) is 61.9 cm³/mol. The lowest BCUT2D eigenvalue weighted by atomic mass is 10.0. The summed E-state index contributed by atoms with van der Waals surface area (Å²) < 4.78 is 5.46. The predicted octanol–water partition coefficient (Wildman–Crippen LogP) is 0.0221. The Morgan fingerprint density at radius 2 is 2.11 bits per heavy atom. The first-order valence-corrected chi connectivity index (χ1v) is 5.55. The molecular weight excluding hydrogens is 240 g/mol. The highest BCUT2D eigenvalue weighted by Gasteiger charge is 2.30. The number of carbonyl (C=O) groups excluding carboxylic acids is 2. The third-order valence-electron chi connectivity index (χ3n) is 2.54. The van der Waals surface area contributed by atoms with Crippen LogP contribution in [-0.4, -0.2) is 41.8 Å². The van der Waals surface area contributed by atoms with Crippen LogP contribution < -0.4 is 10.6 Å². The van der Waals surface area contributed by atoms with Crippen molar-refractivity contribution < 1.29 is 24.2 Å². The van der Waals surface area contributed by atoms with Crippen LogP contribution in [0.5, 0.6) is 0 Å². The lowest BCUT2D eigenvalue weighted by Crippen LogP contribution is -2.45. The number of carboxylic acid groups (broad SMARTS) is 1. The summed E-state index contributed by atoms with van der Waals surface area (Å²) in [4.78, 5) is 32.5. The van der Waals surface area contributed by atoms with Crippen molar-refractivity contribution >= 4 is 17.9 Å². The Morgan fingerprint density at radius 1 is 1.39 bits per heavy atom. The number of carbonyl (C=O) groups is 3. The van der Waals surface area contributed by atoms with Crippen molar-refractivity contribution in [1.82, 2.24) is 10.6 Å². The molecule has 0 aromatic carbocycles. The van der Waals surface area contributed by atoms with Crippen molar-refractivity contribution in [2.75, 3.05) is 13.2 Å². The van der Waals surface area contributed by atoms with Crippen LogP contribution in [-0.2, 0) is 14.3 Å². The summed E-state index contributed by atoms with van der Waals surface area (Å²) in [6.07, 6.45) is 3.22. The van der Waals surface area contributed by atoms with Crippen LogP contribution in [0.2, 0.25) is 0 Å². The van der Waals surface area contributed by atoms with Gasteiger partial charge in [-0.1, -0.05) is 0 Å². The first-order chi connectivity index (χ1) is 8.41. The second kappa shape index (κ2) is 6.15. The minimum Gasteiger partial charge on any atom is -0.478 e. The van der Waals surface area contributed by atoms with Gasteiger partial charge in [0, 0.05) is 25.3 Å². The smallest absolute Gasteiger partial charge is 0.328 e. The third-order valence-corrected chi connectivity index (χ3v) is 2.54. The second-order valence-corrected chi connectivity index (χ2v) is 4.25. The summed E-state index contributed by atoms with van der Waals surface area (Å²) in [7, 11) is 0. The summed E-state index contributed by atoms with van der Waals surface area (Å²) in [6, 6.07) is -0.674. The van der Waals surface area contributed by atoms with Crippen molar-refractivity contribution in [3.8, 4) is 0 Å². The van der Waals surface area contributed by atoms with E-state index in [0.29, 0.717) is 19.2 Å². The lowest BCUT2D eigenvalue weighted by molar-refractivity contribution is -0.131. The molecule has 0 aromatic heterocycles. The number of rotatable bonds is 4. The molecule has 1 heterocycles. The second-order valence-electron chi connectivity index (χ2n) is 4.25. The summed E-state index contributed by atoms with van der Waals surface area (Å²) >= 11 is 0. The van der Waals surface area contributed by atoms with Crippen LogP contribution in [0.3, 0.4) is 0 Å². The first-order valence-electron chi connectivity index (χ1n) is 5.55. The molecule has 1 unspecified atom stereocenters. The standard InChI is InChI=1S/C11H16N2O5/c1-11(5-2-6-18-11)7-12-10(17)13-8(14)3-4-9(15)16/h3-4H,2,5-7H2,1H3,(H,15,16)(H2,12,13,14,17). The first kappa shape index (κ1) is 14.2. The Kier molecular flexibility index (Phi) is 4.85. The number of nitrogens with one attached hydrogen (secondary N) is 2. The number of imide groups is 1. The average molecular weight is 256 g/mol. The Morgan fingerprint density at radius 3 is 2.67 bits per heavy atom. The quantitative estimate of drug-likeness (QED) is 0.615. The topological polar surface area (TPSA) is 105 Å². The molecule has 1 aliphatic rings. The van der Waals surface area contributed by atoms with Crippen LogP contribution >= 0.6 is 0 Å². The molecule has 1 fully saturated rings. The van der Waals surface area contributed by atoms with Gasteiger partial charge in [-0.3, -0.25) is 10.1 Å². The van der Waals surface area contributed by atoms with Gasteiger partial charge < -0.3 is 15.2 Å². The molecule has 1 atom stereocenters. The summed E-state index contributed by atoms with van der Waals surface area (Å²) in [5, 5.41) is 12.8. The molecule has 0 aromatic rings. The van der Waals surface area contributed by atoms with Crippen molar-refractivity contribution in [2.45, 2.75) is 25.4 Å². The van der Waals surface area contributed by atoms with E-state index in [4.69, 9.17) is 9.84 Å². The molecule has 0 saturated carbocycles. The summed E-state index contributed by atoms with van der Waals surface area (Å²) in [5.41, 5.74) is -0.392. The average Bonchev–Trinajstić information content (AvgIpc) is 2.72. The number of aliphatic carboxylic acids is 1. The molecule has 3 N–H and O–H groups in total. The van der Waals surface area contributed by atoms with E-state index in [1.165, 1.54) is 0 Å². The van der Waals surface area contributed by atoms with Gasteiger partial charge in [0.1, 0.15) is 0 Å². The zero-order valence-electron chi connectivity index (χ0n) is 10.1. The fourth-order valence-corrected chi connectivity index (χ4v) is 1.59. The van der Waals surface area contributed by atoms with Gasteiger partial charge in [-0.2, -0.15) is 0 Å². The largest absolute Gasteiger partial charge is 0.478 e. The molecule has 3 amide bonds. The van der Waals surface area contributed by atoms with E-state index >= 15 is 0 Å². The summed E-state index contributed by atoms with van der Waals surface area (Å²) in [6.45, 7) is 2.85. The van der Waals surface area contributed by atoms with Crippen LogP contribution in [0.15, 0.2) is 12.2 Å². The number of urea groups is 1. The number of ether oxygens (including phenoxy) is 1. The van der Waals surface area contributed by atoms with Gasteiger partial charge in [0.2, 0.25) is 0 Å². The van der Waals surface area contributed by atoms with E-state index in [1.807, 2.05) is 12.2 Å². The van der Waals surface area contributed by atoms with Gasteiger partial charge in [-0.15, -0.1) is 0 Å². The molecule has 1 rings (SSSR count). The molecule has 0 aliphatic carbocycles. The van der Waals surface area contributed by atoms with Gasteiger partial charge in [0.15, 0.2) is 0 Å². The molecular formula is C11H16N2O5. The highest BCUT2D eigenvalue weighted by atomic mass is 16.5. The highest BCUT2D eigenvalue weighted by molar-refractivity contribution is 6.02. The van der Waals surface area contributed by atoms with Gasteiger partial charge in [0.25, 0.3) is 5.91 Å². The maximum absolute atomic E-state index is 11.3. The molecule has 0 bridgehead atoms. The van der Waals surface area contributed by atoms with Gasteiger partial charge >= 0.3 is 12.0 Å². The molecule has 1 saturated heterocycles. The lowest BCUT2D eigenvalue weighted by Gasteiger charge is -2.23. The van der Waals surface area contributed by atoms with Gasteiger partial charge in [-0.05, 0) is 19.8 Å². The van der Waals surface area contributed by atoms with E-state index in [9.17, 15) is 14.4 Å². The van der Waals surface area contributed by atoms with Crippen LogP contribution in [0.25, 0.3) is 0 Å². The SMILES string of the molecule is CC1(CNC(=O)NC(=O)C=CC(=O)O)CCCO1. The number of hydrogen-bond acceptors (Lipinski definition) is 4. The maximum Gasteiger partial charge on any atom is 0.328 e. The zero-order chi connectivity index (χ0) is 13.6. The van der Waals surface area contributed by atoms with E-state index in [1.54, 1.807) is 0 Å². The van der Waals surface area contributed by atoms with E-state index in [2.05, 4.69) is 5.32 Å². The van der Waals surface area contributed by atoms with E-state index in [0.717, 1.165) is 18.9 Å². The summed E-state index contributed by atoms with van der Waals surface area (Å²) in [5.74, 6) is -2.04. The van der Waals surface area contributed by atoms with Crippen LogP contribution in [0.1, 0.15) is 19.8 Å². The van der Waals surface area contributed by atoms with Gasteiger partial charge in [-0.25, -0.2) is 9.59 Å². The van der Waals surface area contributed by atoms with Crippen molar-refractivity contribution in [3.05, 3.63) is 12.2 Å². The number of hydrogen-bond donors (Lipinski definition) is 3. The minimum absolute atomic E-state index is 0.300. The molecule has 7 nitrogen and oxygen atoms in total. The Bertz CT molecular complexity index is 372. The Balaban J connectivity index is 2.29. The number of carboxylic acids is 1. The third kappa shape index (κ3) is 4.96. The van der Waals surface area contributed by atoms with Crippen LogP contribution in [0.4, 0.5) is 4.79 Å². The molecule has 100 valence electrons. The molecule has 7 heteroatoms. The van der Waals surface area contributed by atoms with Crippen LogP contribution in [0, 0.1) is 0 Å². The minimum atomic E-state index is -1.25. The van der Waals surface area contributed by atoms with Crippen molar-refractivity contribution in [1.29, 1.82) is 0 Å². The molecule has 18 heavy (non-hydrogen) atoms. The van der Waals surface area contributed by atoms with E-state index in [-0.39, 0.29) is 0 Å². The monoisotopic (exact) mass is 256 g/mol. The molecule has 0 radical (unpaired) electrons. The fraction of sp³-hybridized carbons (Fsp3) is 0.545. The fourth-order valence-electron chi connectivity index (χ4n) is 1.59. The molecule has 0 spiro atoms. The molecule has 1 aliphatic heterocycles. The van der Waals surface area contributed by atoms with E-state index < -0.39 is 23.5 Å². The number of amides is 3. The normalized spacial score (nSPS) is 22.9. The van der Waals surface area contributed by atoms with Gasteiger partial charge in [0.05, 0.1) is 5.60 Å². The van der Waals surface area contributed by atoms with Crippen molar-refractivity contribution in [2.24, 2.45) is 0 Å². The highest BCUT2D eigenvalue weighted by Crippen LogP contribution is 2.23.